The maximum Gasteiger partial charge on any atom is 0.338 e. The van der Waals surface area contributed by atoms with Crippen LogP contribution in [-0.2, 0) is 29.1 Å². The predicted octanol–water partition coefficient (Wildman–Crippen LogP) is 0.211. The SMILES string of the molecule is CCCNC(=O)COC(=O)CNS(=O)(=O)c1ccc(C(=O)OCC)cc1. The van der Waals surface area contributed by atoms with Gasteiger partial charge in [0.15, 0.2) is 6.61 Å². The van der Waals surface area contributed by atoms with Gasteiger partial charge in [-0.05, 0) is 37.6 Å². The fraction of sp³-hybridized carbons (Fsp3) is 0.438. The van der Waals surface area contributed by atoms with Gasteiger partial charge in [0, 0.05) is 6.54 Å². The second-order valence-corrected chi connectivity index (χ2v) is 6.85. The lowest BCUT2D eigenvalue weighted by Gasteiger charge is -2.08. The molecule has 9 nitrogen and oxygen atoms in total. The molecular weight excluding hydrogens is 364 g/mol. The molecule has 0 saturated heterocycles. The number of hydrogen-bond donors (Lipinski definition) is 2. The fourth-order valence-corrected chi connectivity index (χ4v) is 2.70. The van der Waals surface area contributed by atoms with Crippen molar-refractivity contribution < 1.29 is 32.3 Å². The van der Waals surface area contributed by atoms with Crippen molar-refractivity contribution in [1.82, 2.24) is 10.0 Å². The average molecular weight is 386 g/mol. The number of sulfonamides is 1. The van der Waals surface area contributed by atoms with E-state index in [1.54, 1.807) is 6.92 Å². The Morgan fingerprint density at radius 3 is 2.27 bits per heavy atom. The smallest absolute Gasteiger partial charge is 0.338 e. The number of amides is 1. The molecule has 26 heavy (non-hydrogen) atoms. The van der Waals surface area contributed by atoms with E-state index in [0.717, 1.165) is 6.42 Å². The molecule has 2 N–H and O–H groups in total. The number of rotatable bonds is 10. The van der Waals surface area contributed by atoms with Crippen LogP contribution in [0.25, 0.3) is 0 Å². The quantitative estimate of drug-likeness (QED) is 0.550. The first-order valence-corrected chi connectivity index (χ1v) is 9.47. The Morgan fingerprint density at radius 1 is 1.04 bits per heavy atom. The van der Waals surface area contributed by atoms with Gasteiger partial charge in [0.05, 0.1) is 17.1 Å². The molecular formula is C16H22N2O7S. The number of esters is 2. The molecule has 0 heterocycles. The lowest BCUT2D eigenvalue weighted by molar-refractivity contribution is -0.147. The predicted molar refractivity (Wildman–Crippen MR) is 91.8 cm³/mol. The van der Waals surface area contributed by atoms with Crippen molar-refractivity contribution in [2.75, 3.05) is 26.3 Å². The Kier molecular flexibility index (Phi) is 8.73. The standard InChI is InChI=1S/C16H22N2O7S/c1-3-9-17-14(19)11-25-15(20)10-18-26(22,23)13-7-5-12(6-8-13)16(21)24-4-2/h5-8,18H,3-4,9-11H2,1-2H3,(H,17,19). The molecule has 0 atom stereocenters. The summed E-state index contributed by atoms with van der Waals surface area (Å²) < 4.78 is 35.8. The Hall–Kier alpha value is -2.46. The normalized spacial score (nSPS) is 10.8. The zero-order valence-corrected chi connectivity index (χ0v) is 15.4. The van der Waals surface area contributed by atoms with Crippen LogP contribution in [0.15, 0.2) is 29.2 Å². The van der Waals surface area contributed by atoms with E-state index in [1.165, 1.54) is 24.3 Å². The second-order valence-electron chi connectivity index (χ2n) is 5.08. The number of carbonyl (C=O) groups excluding carboxylic acids is 3. The van der Waals surface area contributed by atoms with Gasteiger partial charge in [-0.3, -0.25) is 9.59 Å². The molecule has 10 heteroatoms. The Bertz CT molecular complexity index is 729. The average Bonchev–Trinajstić information content (AvgIpc) is 2.63. The van der Waals surface area contributed by atoms with Gasteiger partial charge in [-0.25, -0.2) is 13.2 Å². The molecule has 1 aromatic carbocycles. The van der Waals surface area contributed by atoms with Gasteiger partial charge < -0.3 is 14.8 Å². The van der Waals surface area contributed by atoms with Gasteiger partial charge in [-0.2, -0.15) is 4.72 Å². The molecule has 0 aliphatic heterocycles. The summed E-state index contributed by atoms with van der Waals surface area (Å²) in [6, 6.07) is 5.06. The van der Waals surface area contributed by atoms with E-state index in [0.29, 0.717) is 6.54 Å². The molecule has 144 valence electrons. The fourth-order valence-electron chi connectivity index (χ4n) is 1.73. The van der Waals surface area contributed by atoms with Gasteiger partial charge >= 0.3 is 11.9 Å². The van der Waals surface area contributed by atoms with Gasteiger partial charge in [-0.1, -0.05) is 6.92 Å². The Balaban J connectivity index is 2.54. The van der Waals surface area contributed by atoms with Crippen molar-refractivity contribution in [3.8, 4) is 0 Å². The van der Waals surface area contributed by atoms with Crippen LogP contribution in [-0.4, -0.2) is 52.6 Å². The third-order valence-corrected chi connectivity index (χ3v) is 4.44. The van der Waals surface area contributed by atoms with Crippen LogP contribution in [0.5, 0.6) is 0 Å². The molecule has 0 saturated carbocycles. The lowest BCUT2D eigenvalue weighted by atomic mass is 10.2. The van der Waals surface area contributed by atoms with Gasteiger partial charge in [0.25, 0.3) is 5.91 Å². The van der Waals surface area contributed by atoms with Gasteiger partial charge in [-0.15, -0.1) is 0 Å². The molecule has 0 fully saturated rings. The topological polar surface area (TPSA) is 128 Å². The van der Waals surface area contributed by atoms with E-state index >= 15 is 0 Å². The van der Waals surface area contributed by atoms with E-state index in [4.69, 9.17) is 4.74 Å². The van der Waals surface area contributed by atoms with E-state index in [-0.39, 0.29) is 17.1 Å². The maximum absolute atomic E-state index is 12.1. The minimum Gasteiger partial charge on any atom is -0.462 e. The molecule has 0 aliphatic rings. The molecule has 0 aromatic heterocycles. The first-order valence-electron chi connectivity index (χ1n) is 7.99. The molecule has 0 bridgehead atoms. The number of ether oxygens (including phenoxy) is 2. The summed E-state index contributed by atoms with van der Waals surface area (Å²) in [4.78, 5) is 34.2. The van der Waals surface area contributed by atoms with Crippen molar-refractivity contribution >= 4 is 27.9 Å². The van der Waals surface area contributed by atoms with Crippen LogP contribution in [0.1, 0.15) is 30.6 Å². The molecule has 1 aromatic rings. The van der Waals surface area contributed by atoms with Crippen molar-refractivity contribution in [2.45, 2.75) is 25.2 Å². The molecule has 0 unspecified atom stereocenters. The van der Waals surface area contributed by atoms with Crippen molar-refractivity contribution in [3.63, 3.8) is 0 Å². The highest BCUT2D eigenvalue weighted by Gasteiger charge is 2.17. The third-order valence-electron chi connectivity index (χ3n) is 3.02. The van der Waals surface area contributed by atoms with Gasteiger partial charge in [0.1, 0.15) is 6.54 Å². The van der Waals surface area contributed by atoms with Crippen molar-refractivity contribution in [3.05, 3.63) is 29.8 Å². The van der Waals surface area contributed by atoms with Crippen LogP contribution in [0.3, 0.4) is 0 Å². The number of nitrogens with one attached hydrogen (secondary N) is 2. The minimum atomic E-state index is -3.97. The first-order chi connectivity index (χ1) is 12.3. The number of carbonyl (C=O) groups is 3. The minimum absolute atomic E-state index is 0.126. The van der Waals surface area contributed by atoms with Crippen LogP contribution in [0, 0.1) is 0 Å². The molecule has 0 aliphatic carbocycles. The summed E-state index contributed by atoms with van der Waals surface area (Å²) in [5.41, 5.74) is 0.211. The monoisotopic (exact) mass is 386 g/mol. The summed E-state index contributed by atoms with van der Waals surface area (Å²) in [7, 11) is -3.97. The maximum atomic E-state index is 12.1. The molecule has 1 amide bonds. The summed E-state index contributed by atoms with van der Waals surface area (Å²) in [5, 5.41) is 2.52. The molecule has 0 radical (unpaired) electrons. The van der Waals surface area contributed by atoms with E-state index in [9.17, 15) is 22.8 Å². The highest BCUT2D eigenvalue weighted by Crippen LogP contribution is 2.11. The largest absolute Gasteiger partial charge is 0.462 e. The van der Waals surface area contributed by atoms with Crippen LogP contribution in [0.4, 0.5) is 0 Å². The summed E-state index contributed by atoms with van der Waals surface area (Å²) >= 11 is 0. The highest BCUT2D eigenvalue weighted by atomic mass is 32.2. The third kappa shape index (κ3) is 7.19. The molecule has 1 rings (SSSR count). The van der Waals surface area contributed by atoms with Crippen LogP contribution in [0.2, 0.25) is 0 Å². The van der Waals surface area contributed by atoms with E-state index < -0.39 is 41.0 Å². The van der Waals surface area contributed by atoms with Crippen LogP contribution >= 0.6 is 0 Å². The summed E-state index contributed by atoms with van der Waals surface area (Å²) in [6.45, 7) is 3.11. The first kappa shape index (κ1) is 21.6. The molecule has 0 spiro atoms. The second kappa shape index (κ2) is 10.5. The summed E-state index contributed by atoms with van der Waals surface area (Å²) in [6.07, 6.45) is 0.744. The zero-order valence-electron chi connectivity index (χ0n) is 14.6. The van der Waals surface area contributed by atoms with E-state index in [2.05, 4.69) is 14.8 Å². The van der Waals surface area contributed by atoms with Crippen molar-refractivity contribution in [1.29, 1.82) is 0 Å². The van der Waals surface area contributed by atoms with Crippen LogP contribution < -0.4 is 10.0 Å². The van der Waals surface area contributed by atoms with Crippen molar-refractivity contribution in [2.24, 2.45) is 0 Å². The Labute approximate surface area is 152 Å². The highest BCUT2D eigenvalue weighted by molar-refractivity contribution is 7.89. The Morgan fingerprint density at radius 2 is 1.69 bits per heavy atom. The number of benzene rings is 1. The lowest BCUT2D eigenvalue weighted by Crippen LogP contribution is -2.34. The summed E-state index contributed by atoms with van der Waals surface area (Å²) in [5.74, 6) is -1.91. The van der Waals surface area contributed by atoms with Gasteiger partial charge in [0.2, 0.25) is 10.0 Å². The van der Waals surface area contributed by atoms with E-state index in [1.807, 2.05) is 6.92 Å². The zero-order chi connectivity index (χ0) is 19.6. The number of hydrogen-bond acceptors (Lipinski definition) is 7.